The van der Waals surface area contributed by atoms with Crippen LogP contribution in [0.4, 0.5) is 11.6 Å². The van der Waals surface area contributed by atoms with Crippen molar-refractivity contribution < 1.29 is 9.53 Å². The Balaban J connectivity index is 1.15. The smallest absolute Gasteiger partial charge is 0.270 e. The van der Waals surface area contributed by atoms with Gasteiger partial charge in [-0.15, -0.1) is 0 Å². The summed E-state index contributed by atoms with van der Waals surface area (Å²) in [5.74, 6) is 1.82. The van der Waals surface area contributed by atoms with Crippen molar-refractivity contribution in [3.63, 3.8) is 0 Å². The van der Waals surface area contributed by atoms with Crippen LogP contribution < -0.4 is 15.4 Å². The summed E-state index contributed by atoms with van der Waals surface area (Å²) < 4.78 is 5.92. The first-order valence-electron chi connectivity index (χ1n) is 13.2. The van der Waals surface area contributed by atoms with Crippen LogP contribution >= 0.6 is 0 Å². The normalized spacial score (nSPS) is 27.5. The van der Waals surface area contributed by atoms with Crippen molar-refractivity contribution in [3.8, 4) is 5.75 Å². The molecule has 3 aliphatic rings. The molecule has 2 saturated carbocycles. The molecule has 2 bridgehead atoms. The minimum Gasteiger partial charge on any atom is -0.492 e. The number of fused-ring (bicyclic) bond motifs is 2. The van der Waals surface area contributed by atoms with Crippen LogP contribution in [0.15, 0.2) is 36.5 Å². The zero-order chi connectivity index (χ0) is 24.5. The maximum absolute atomic E-state index is 13.0. The summed E-state index contributed by atoms with van der Waals surface area (Å²) in [6.07, 6.45) is 9.06. The Labute approximate surface area is 209 Å². The van der Waals surface area contributed by atoms with Crippen molar-refractivity contribution >= 4 is 17.5 Å². The number of hydrogen-bond acceptors (Lipinski definition) is 6. The molecular weight excluding hydrogens is 438 g/mol. The van der Waals surface area contributed by atoms with Crippen LogP contribution in [-0.4, -0.2) is 53.1 Å². The van der Waals surface area contributed by atoms with Crippen molar-refractivity contribution in [2.45, 2.75) is 65.3 Å². The lowest BCUT2D eigenvalue weighted by Crippen LogP contribution is -2.47. The number of ether oxygens (including phenoxy) is 1. The molecule has 0 radical (unpaired) electrons. The second kappa shape index (κ2) is 9.76. The molecule has 3 fully saturated rings. The minimum absolute atomic E-state index is 0.123. The fourth-order valence-corrected chi connectivity index (χ4v) is 6.44. The number of nitrogens with zero attached hydrogens (tertiary/aromatic N) is 3. The lowest BCUT2D eigenvalue weighted by atomic mass is 9.69. The summed E-state index contributed by atoms with van der Waals surface area (Å²) in [7, 11) is 0. The van der Waals surface area contributed by atoms with Crippen LogP contribution in [0.5, 0.6) is 5.75 Å². The Bertz CT molecular complexity index is 1030. The summed E-state index contributed by atoms with van der Waals surface area (Å²) in [6, 6.07) is 9.67. The van der Waals surface area contributed by atoms with Gasteiger partial charge in [-0.25, -0.2) is 9.97 Å². The van der Waals surface area contributed by atoms with Crippen LogP contribution in [0.25, 0.3) is 0 Å². The van der Waals surface area contributed by atoms with Gasteiger partial charge in [-0.2, -0.15) is 0 Å². The zero-order valence-corrected chi connectivity index (χ0v) is 21.3. The Morgan fingerprint density at radius 2 is 1.89 bits per heavy atom. The van der Waals surface area contributed by atoms with Gasteiger partial charge in [-0.05, 0) is 92.3 Å². The fraction of sp³-hybridized carbons (Fsp3) is 0.607. The van der Waals surface area contributed by atoms with Crippen molar-refractivity contribution in [1.82, 2.24) is 20.2 Å². The number of likely N-dealkylation sites (tertiary alicyclic amines) is 1. The average Bonchev–Trinajstić information content (AvgIpc) is 3.20. The number of rotatable bonds is 8. The lowest BCUT2D eigenvalue weighted by molar-refractivity contribution is 0.0821. The van der Waals surface area contributed by atoms with E-state index in [9.17, 15) is 4.79 Å². The van der Waals surface area contributed by atoms with Crippen molar-refractivity contribution in [3.05, 3.63) is 42.2 Å². The van der Waals surface area contributed by atoms with E-state index in [-0.39, 0.29) is 22.8 Å². The molecule has 2 aromatic rings. The first-order chi connectivity index (χ1) is 16.8. The molecule has 2 N–H and O–H groups in total. The van der Waals surface area contributed by atoms with Gasteiger partial charge >= 0.3 is 0 Å². The number of anilines is 2. The van der Waals surface area contributed by atoms with Crippen LogP contribution in [0.3, 0.4) is 0 Å². The van der Waals surface area contributed by atoms with Crippen LogP contribution in [-0.2, 0) is 0 Å². The molecule has 35 heavy (non-hydrogen) atoms. The van der Waals surface area contributed by atoms with Crippen molar-refractivity contribution in [2.75, 3.05) is 31.6 Å². The van der Waals surface area contributed by atoms with Crippen molar-refractivity contribution in [2.24, 2.45) is 16.7 Å². The summed E-state index contributed by atoms with van der Waals surface area (Å²) >= 11 is 0. The third kappa shape index (κ3) is 4.88. The van der Waals surface area contributed by atoms with Gasteiger partial charge in [0, 0.05) is 24.5 Å². The molecular formula is C28H39N5O2. The first-order valence-corrected chi connectivity index (χ1v) is 13.2. The quantitative estimate of drug-likeness (QED) is 0.555. The van der Waals surface area contributed by atoms with Gasteiger partial charge in [0.15, 0.2) is 0 Å². The van der Waals surface area contributed by atoms with Gasteiger partial charge in [0.2, 0.25) is 5.95 Å². The minimum atomic E-state index is -0.123. The van der Waals surface area contributed by atoms with E-state index in [1.165, 1.54) is 45.2 Å². The number of hydrogen-bond donors (Lipinski definition) is 2. The van der Waals surface area contributed by atoms with Gasteiger partial charge in [0.05, 0.1) is 0 Å². The van der Waals surface area contributed by atoms with E-state index in [2.05, 4.69) is 46.3 Å². The predicted octanol–water partition coefficient (Wildman–Crippen LogP) is 5.03. The maximum Gasteiger partial charge on any atom is 0.270 e. The molecule has 2 aliphatic carbocycles. The molecule has 1 aliphatic heterocycles. The highest BCUT2D eigenvalue weighted by Gasteiger charge is 2.61. The fourth-order valence-electron chi connectivity index (χ4n) is 6.44. The number of benzene rings is 1. The Morgan fingerprint density at radius 3 is 2.57 bits per heavy atom. The standard InChI is InChI=1S/C28H39N5O2/c1-27(2)20-11-13-28(27,3)24(19-20)32-25(34)23-12-14-29-26(31-23)30-21-7-9-22(10-8-21)35-18-17-33-15-5-4-6-16-33/h7-10,12,14,20,24H,4-6,11,13,15-19H2,1-3H3,(H,32,34)(H,29,30,31). The van der Waals surface area contributed by atoms with Crippen molar-refractivity contribution in [1.29, 1.82) is 0 Å². The Hall–Kier alpha value is -2.67. The van der Waals surface area contributed by atoms with Gasteiger partial charge in [-0.3, -0.25) is 9.69 Å². The van der Waals surface area contributed by atoms with Gasteiger partial charge in [0.1, 0.15) is 18.1 Å². The molecule has 7 nitrogen and oxygen atoms in total. The number of aromatic nitrogens is 2. The molecule has 2 heterocycles. The van der Waals surface area contributed by atoms with E-state index in [0.717, 1.165) is 24.4 Å². The third-order valence-corrected chi connectivity index (χ3v) is 9.22. The number of piperidine rings is 1. The molecule has 1 aromatic heterocycles. The molecule has 0 spiro atoms. The summed E-state index contributed by atoms with van der Waals surface area (Å²) in [5, 5.41) is 6.50. The van der Waals surface area contributed by atoms with Crippen LogP contribution in [0, 0.1) is 16.7 Å². The SMILES string of the molecule is CC1(C)C2CCC1(C)C(NC(=O)c1ccnc(Nc3ccc(OCCN4CCCCC4)cc3)n1)C2. The number of amides is 1. The van der Waals surface area contributed by atoms with Gasteiger partial charge in [-0.1, -0.05) is 27.2 Å². The maximum atomic E-state index is 13.0. The highest BCUT2D eigenvalue weighted by atomic mass is 16.5. The second-order valence-corrected chi connectivity index (χ2v) is 11.3. The second-order valence-electron chi connectivity index (χ2n) is 11.3. The number of carbonyl (C=O) groups excluding carboxylic acids is 1. The third-order valence-electron chi connectivity index (χ3n) is 9.22. The topological polar surface area (TPSA) is 79.4 Å². The van der Waals surface area contributed by atoms with Gasteiger partial charge < -0.3 is 15.4 Å². The number of nitrogens with one attached hydrogen (secondary N) is 2. The molecule has 5 rings (SSSR count). The van der Waals surface area contributed by atoms with E-state index >= 15 is 0 Å². The van der Waals surface area contributed by atoms with E-state index < -0.39 is 0 Å². The van der Waals surface area contributed by atoms with E-state index in [0.29, 0.717) is 24.2 Å². The molecule has 1 saturated heterocycles. The molecule has 1 amide bonds. The number of carbonyl (C=O) groups is 1. The predicted molar refractivity (Wildman–Crippen MR) is 138 cm³/mol. The molecule has 1 aromatic carbocycles. The van der Waals surface area contributed by atoms with Crippen LogP contribution in [0.1, 0.15) is 69.8 Å². The highest BCUT2D eigenvalue weighted by Crippen LogP contribution is 2.65. The molecule has 3 atom stereocenters. The first kappa shape index (κ1) is 24.0. The lowest BCUT2D eigenvalue weighted by Gasteiger charge is -2.39. The molecule has 7 heteroatoms. The molecule has 3 unspecified atom stereocenters. The summed E-state index contributed by atoms with van der Waals surface area (Å²) in [6.45, 7) is 11.1. The largest absolute Gasteiger partial charge is 0.492 e. The zero-order valence-electron chi connectivity index (χ0n) is 21.3. The Morgan fingerprint density at radius 1 is 1.11 bits per heavy atom. The summed E-state index contributed by atoms with van der Waals surface area (Å²) in [4.78, 5) is 24.3. The van der Waals surface area contributed by atoms with E-state index in [1.807, 2.05) is 24.3 Å². The highest BCUT2D eigenvalue weighted by molar-refractivity contribution is 5.92. The van der Waals surface area contributed by atoms with Crippen LogP contribution in [0.2, 0.25) is 0 Å². The van der Waals surface area contributed by atoms with E-state index in [4.69, 9.17) is 4.74 Å². The van der Waals surface area contributed by atoms with Gasteiger partial charge in [0.25, 0.3) is 5.91 Å². The van der Waals surface area contributed by atoms with E-state index in [1.54, 1.807) is 12.3 Å². The monoisotopic (exact) mass is 477 g/mol. The average molecular weight is 478 g/mol. The summed E-state index contributed by atoms with van der Waals surface area (Å²) in [5.41, 5.74) is 1.64. The Kier molecular flexibility index (Phi) is 6.71. The molecule has 188 valence electrons.